The summed E-state index contributed by atoms with van der Waals surface area (Å²) in [5.74, 6) is -2.22. The third-order valence-electron chi connectivity index (χ3n) is 7.56. The number of carbonyl (C=O) groups excluding carboxylic acids is 1. The summed E-state index contributed by atoms with van der Waals surface area (Å²) in [6, 6.07) is 0. The Hall–Kier alpha value is -1.65. The van der Waals surface area contributed by atoms with Crippen molar-refractivity contribution in [1.82, 2.24) is 0 Å². The van der Waals surface area contributed by atoms with Gasteiger partial charge in [-0.2, -0.15) is 0 Å². The van der Waals surface area contributed by atoms with Crippen molar-refractivity contribution in [2.75, 3.05) is 0 Å². The molecule has 2 saturated carbocycles. The molecule has 1 spiro atoms. The topological polar surface area (TPSA) is 91.7 Å². The van der Waals surface area contributed by atoms with E-state index in [0.717, 1.165) is 24.8 Å². The van der Waals surface area contributed by atoms with Crippen molar-refractivity contribution in [1.29, 1.82) is 0 Å². The summed E-state index contributed by atoms with van der Waals surface area (Å²) in [7, 11) is 0. The summed E-state index contributed by atoms with van der Waals surface area (Å²) >= 11 is 0. The van der Waals surface area contributed by atoms with Crippen LogP contribution in [0.4, 0.5) is 0 Å². The molecule has 5 nitrogen and oxygen atoms in total. The molecule has 2 N–H and O–H groups in total. The fourth-order valence-corrected chi connectivity index (χ4v) is 6.28. The van der Waals surface area contributed by atoms with E-state index in [4.69, 9.17) is 5.11 Å². The first-order valence-electron chi connectivity index (χ1n) is 9.33. The van der Waals surface area contributed by atoms with E-state index < -0.39 is 23.3 Å². The van der Waals surface area contributed by atoms with Gasteiger partial charge in [0.2, 0.25) is 0 Å². The van der Waals surface area contributed by atoms with Crippen molar-refractivity contribution in [3.63, 3.8) is 0 Å². The molecule has 2 bridgehead atoms. The first-order chi connectivity index (χ1) is 11.6. The highest BCUT2D eigenvalue weighted by atomic mass is 16.4. The van der Waals surface area contributed by atoms with Crippen molar-refractivity contribution in [3.05, 3.63) is 11.6 Å². The van der Waals surface area contributed by atoms with E-state index in [2.05, 4.69) is 6.92 Å². The Kier molecular flexibility index (Phi) is 4.33. The van der Waals surface area contributed by atoms with Gasteiger partial charge in [-0.3, -0.25) is 14.4 Å². The van der Waals surface area contributed by atoms with E-state index in [-0.39, 0.29) is 29.0 Å². The number of carboxylic acid groups (broad SMARTS) is 2. The molecule has 0 saturated heterocycles. The van der Waals surface area contributed by atoms with Gasteiger partial charge in [-0.05, 0) is 62.4 Å². The van der Waals surface area contributed by atoms with Gasteiger partial charge in [-0.25, -0.2) is 0 Å². The van der Waals surface area contributed by atoms with Crippen LogP contribution in [0.5, 0.6) is 0 Å². The maximum absolute atomic E-state index is 12.9. The second-order valence-electron chi connectivity index (χ2n) is 8.71. The van der Waals surface area contributed by atoms with Crippen molar-refractivity contribution in [3.8, 4) is 0 Å². The largest absolute Gasteiger partial charge is 0.481 e. The van der Waals surface area contributed by atoms with Crippen LogP contribution in [0, 0.1) is 34.5 Å². The third-order valence-corrected chi connectivity index (χ3v) is 7.56. The van der Waals surface area contributed by atoms with Gasteiger partial charge in [0.25, 0.3) is 0 Å². The summed E-state index contributed by atoms with van der Waals surface area (Å²) in [5.41, 5.74) is 0.223. The van der Waals surface area contributed by atoms with Gasteiger partial charge < -0.3 is 10.2 Å². The Morgan fingerprint density at radius 1 is 1.32 bits per heavy atom. The van der Waals surface area contributed by atoms with Crippen LogP contribution in [0.3, 0.4) is 0 Å². The third kappa shape index (κ3) is 2.46. The number of ketones is 1. The van der Waals surface area contributed by atoms with Crippen molar-refractivity contribution >= 4 is 17.7 Å². The van der Waals surface area contributed by atoms with E-state index in [1.54, 1.807) is 13.0 Å². The lowest BCUT2D eigenvalue weighted by atomic mass is 9.65. The molecule has 2 fully saturated rings. The van der Waals surface area contributed by atoms with Crippen LogP contribution in [0.1, 0.15) is 59.3 Å². The molecule has 0 radical (unpaired) electrons. The van der Waals surface area contributed by atoms with Crippen molar-refractivity contribution in [2.24, 2.45) is 34.5 Å². The van der Waals surface area contributed by atoms with Crippen LogP contribution in [-0.4, -0.2) is 27.9 Å². The SMILES string of the molecule is CC1=CC(=O)C23CC1C(C)(CCCC(C)C(=O)O)C2CCC3C(=O)O. The molecule has 0 amide bonds. The minimum absolute atomic E-state index is 0.0128. The summed E-state index contributed by atoms with van der Waals surface area (Å²) in [5, 5.41) is 18.8. The standard InChI is InChI=1S/C20H28O5/c1-11(17(22)23)5-4-8-19(3)14-10-20(16(21)9-12(14)2)13(18(24)25)6-7-15(19)20/h9,11,13-15H,4-8,10H2,1-3H3,(H,22,23)(H,24,25). The number of aliphatic carboxylic acids is 2. The van der Waals surface area contributed by atoms with Gasteiger partial charge in [0.15, 0.2) is 5.78 Å². The first-order valence-corrected chi connectivity index (χ1v) is 9.33. The highest BCUT2D eigenvalue weighted by Crippen LogP contribution is 2.71. The van der Waals surface area contributed by atoms with Crippen LogP contribution in [0.25, 0.3) is 0 Å². The van der Waals surface area contributed by atoms with Crippen molar-refractivity contribution in [2.45, 2.75) is 59.3 Å². The van der Waals surface area contributed by atoms with Crippen LogP contribution in [0.15, 0.2) is 11.6 Å². The molecular weight excluding hydrogens is 320 g/mol. The summed E-state index contributed by atoms with van der Waals surface area (Å²) < 4.78 is 0. The molecule has 0 aliphatic heterocycles. The van der Waals surface area contributed by atoms with E-state index in [1.165, 1.54) is 0 Å². The van der Waals surface area contributed by atoms with E-state index >= 15 is 0 Å². The fourth-order valence-electron chi connectivity index (χ4n) is 6.28. The summed E-state index contributed by atoms with van der Waals surface area (Å²) in [6.07, 6.45) is 5.99. The minimum atomic E-state index is -0.841. The Balaban J connectivity index is 1.89. The van der Waals surface area contributed by atoms with E-state index in [9.17, 15) is 19.5 Å². The lowest BCUT2D eigenvalue weighted by Crippen LogP contribution is -2.42. The lowest BCUT2D eigenvalue weighted by molar-refractivity contribution is -0.150. The molecule has 6 atom stereocenters. The molecule has 3 aliphatic carbocycles. The van der Waals surface area contributed by atoms with Crippen LogP contribution < -0.4 is 0 Å². The van der Waals surface area contributed by atoms with E-state index in [0.29, 0.717) is 19.3 Å². The highest BCUT2D eigenvalue weighted by molar-refractivity contribution is 6.00. The average Bonchev–Trinajstić information content (AvgIpc) is 3.00. The number of hydrogen-bond donors (Lipinski definition) is 2. The zero-order chi connectivity index (χ0) is 18.6. The summed E-state index contributed by atoms with van der Waals surface area (Å²) in [6.45, 7) is 5.92. The normalized spacial score (nSPS) is 40.5. The second-order valence-corrected chi connectivity index (χ2v) is 8.71. The maximum atomic E-state index is 12.9. The Labute approximate surface area is 148 Å². The van der Waals surface area contributed by atoms with Gasteiger partial charge in [0, 0.05) is 0 Å². The predicted octanol–water partition coefficient (Wildman–Crippen LogP) is 3.53. The molecule has 0 aromatic carbocycles. The van der Waals surface area contributed by atoms with Gasteiger partial charge in [-0.15, -0.1) is 0 Å². The number of rotatable bonds is 6. The zero-order valence-electron chi connectivity index (χ0n) is 15.2. The maximum Gasteiger partial charge on any atom is 0.307 e. The van der Waals surface area contributed by atoms with Gasteiger partial charge in [0.05, 0.1) is 17.3 Å². The molecule has 3 aliphatic rings. The number of fused-ring (bicyclic) bond motifs is 1. The van der Waals surface area contributed by atoms with Crippen LogP contribution >= 0.6 is 0 Å². The van der Waals surface area contributed by atoms with Gasteiger partial charge in [-0.1, -0.05) is 25.8 Å². The lowest BCUT2D eigenvalue weighted by Gasteiger charge is -2.38. The second kappa shape index (κ2) is 5.96. The molecular formula is C20H28O5. The molecule has 25 heavy (non-hydrogen) atoms. The highest BCUT2D eigenvalue weighted by Gasteiger charge is 2.70. The summed E-state index contributed by atoms with van der Waals surface area (Å²) in [4.78, 5) is 35.8. The fraction of sp³-hybridized carbons (Fsp3) is 0.750. The van der Waals surface area contributed by atoms with Crippen molar-refractivity contribution < 1.29 is 24.6 Å². The molecule has 5 heteroatoms. The quantitative estimate of drug-likeness (QED) is 0.766. The molecule has 0 aromatic heterocycles. The monoisotopic (exact) mass is 348 g/mol. The molecule has 3 rings (SSSR count). The minimum Gasteiger partial charge on any atom is -0.481 e. The van der Waals surface area contributed by atoms with Crippen LogP contribution in [0.2, 0.25) is 0 Å². The van der Waals surface area contributed by atoms with Crippen LogP contribution in [-0.2, 0) is 14.4 Å². The number of allylic oxidation sites excluding steroid dienone is 2. The molecule has 0 heterocycles. The predicted molar refractivity (Wildman–Crippen MR) is 91.9 cm³/mol. The molecule has 6 unspecified atom stereocenters. The first kappa shape index (κ1) is 18.2. The van der Waals surface area contributed by atoms with Gasteiger partial charge in [0.1, 0.15) is 0 Å². The number of carbonyl (C=O) groups is 3. The zero-order valence-corrected chi connectivity index (χ0v) is 15.2. The number of carboxylic acids is 2. The smallest absolute Gasteiger partial charge is 0.307 e. The van der Waals surface area contributed by atoms with E-state index in [1.807, 2.05) is 6.92 Å². The number of hydrogen-bond acceptors (Lipinski definition) is 3. The molecule has 138 valence electrons. The Bertz CT molecular complexity index is 650. The average molecular weight is 348 g/mol. The van der Waals surface area contributed by atoms with Gasteiger partial charge >= 0.3 is 11.9 Å². The Morgan fingerprint density at radius 3 is 2.60 bits per heavy atom. The Morgan fingerprint density at radius 2 is 2.00 bits per heavy atom. The molecule has 0 aromatic rings.